The Morgan fingerprint density at radius 1 is 1.04 bits per heavy atom. The number of likely N-dealkylation sites (N-methyl/N-ethyl adjacent to an activating group) is 1. The zero-order valence-corrected chi connectivity index (χ0v) is 31.5. The molecule has 11 heteroatoms. The Morgan fingerprint density at radius 3 is 2.37 bits per heavy atom. The predicted molar refractivity (Wildman–Crippen MR) is 198 cm³/mol. The minimum Gasteiger partial charge on any atom is -0.504 e. The van der Waals surface area contributed by atoms with Crippen LogP contribution in [0.3, 0.4) is 0 Å². The number of hydrogen-bond acceptors (Lipinski definition) is 9. The van der Waals surface area contributed by atoms with Gasteiger partial charge in [-0.1, -0.05) is 74.5 Å². The van der Waals surface area contributed by atoms with Crippen molar-refractivity contribution >= 4 is 23.6 Å². The smallest absolute Gasteiger partial charge is 0.329 e. The van der Waals surface area contributed by atoms with Crippen LogP contribution >= 0.6 is 0 Å². The number of carbonyl (C=O) groups is 4. The van der Waals surface area contributed by atoms with Crippen LogP contribution in [0.2, 0.25) is 0 Å². The Balaban J connectivity index is 2.10. The zero-order valence-electron chi connectivity index (χ0n) is 31.5. The minimum absolute atomic E-state index is 0.0238. The molecule has 6 atom stereocenters. The van der Waals surface area contributed by atoms with Crippen molar-refractivity contribution in [3.05, 3.63) is 95.1 Å². The highest BCUT2D eigenvalue weighted by molar-refractivity contribution is 6.09. The van der Waals surface area contributed by atoms with Crippen molar-refractivity contribution in [3.63, 3.8) is 0 Å². The van der Waals surface area contributed by atoms with Crippen molar-refractivity contribution < 1.29 is 43.6 Å². The summed E-state index contributed by atoms with van der Waals surface area (Å²) in [5.74, 6) is -3.82. The average Bonchev–Trinajstić information content (AvgIpc) is 3.13. The van der Waals surface area contributed by atoms with Crippen LogP contribution in [0.25, 0.3) is 0 Å². The van der Waals surface area contributed by atoms with Crippen LogP contribution in [0.5, 0.6) is 11.5 Å². The number of nitrogens with zero attached hydrogens (tertiary/aromatic N) is 1. The molecule has 0 fully saturated rings. The molecular weight excluding hydrogens is 664 g/mol. The quantitative estimate of drug-likeness (QED) is 0.263. The van der Waals surface area contributed by atoms with Crippen LogP contribution in [0.4, 0.5) is 0 Å². The summed E-state index contributed by atoms with van der Waals surface area (Å²) in [7, 11) is 4.47. The van der Waals surface area contributed by atoms with Crippen molar-refractivity contribution in [1.29, 1.82) is 0 Å². The number of phenolic OH excluding ortho intramolecular Hbond substituents is 1. The van der Waals surface area contributed by atoms with Crippen molar-refractivity contribution in [1.82, 2.24) is 10.2 Å². The number of aliphatic hydroxyl groups is 1. The Hall–Kier alpha value is -4.74. The van der Waals surface area contributed by atoms with E-state index in [-0.39, 0.29) is 29.8 Å². The first-order valence-electron chi connectivity index (χ1n) is 17.6. The van der Waals surface area contributed by atoms with Gasteiger partial charge in [0.2, 0.25) is 11.8 Å². The SMILES string of the molecule is COc1cc(C[C@@H]2C(=O)N[C@@H](C(C)C)C(=O)OC(c3ccccc3)[C@H](O)/C=C/C=C(\C)C(OC)CCC/C=C(\C)C(=O)C(C)C(=O)N2C)ccc1O. The molecule has 0 aliphatic carbocycles. The van der Waals surface area contributed by atoms with Crippen LogP contribution in [-0.4, -0.2) is 84.2 Å². The third-order valence-electron chi connectivity index (χ3n) is 9.42. The molecule has 2 aromatic rings. The molecular formula is C41H54N2O9. The van der Waals surface area contributed by atoms with E-state index in [0.29, 0.717) is 36.0 Å². The minimum atomic E-state index is -1.23. The number of amides is 2. The Kier molecular flexibility index (Phi) is 15.8. The number of cyclic esters (lactones) is 1. The summed E-state index contributed by atoms with van der Waals surface area (Å²) in [6.45, 7) is 8.60. The number of hydrogen-bond donors (Lipinski definition) is 3. The lowest BCUT2D eigenvalue weighted by Gasteiger charge is -2.32. The van der Waals surface area contributed by atoms with Gasteiger partial charge in [-0.05, 0) is 80.4 Å². The number of rotatable bonds is 6. The normalized spacial score (nSPS) is 27.6. The number of aromatic hydroxyl groups is 1. The summed E-state index contributed by atoms with van der Waals surface area (Å²) in [6.07, 6.45) is 6.30. The van der Waals surface area contributed by atoms with Crippen LogP contribution < -0.4 is 10.1 Å². The standard InChI is InChI=1S/C41H54N2O9/c1-25(2)36-41(49)52-38(30-17-10-9-11-18-30)33(45)19-14-16-26(3)34(50-7)20-13-12-15-27(4)37(46)28(5)40(48)43(6)31(39(47)42-36)23-29-21-22-32(44)35(24-29)51-8/h9-11,14-19,21-22,24-25,28,31,33-34,36,38,44-45H,12-13,20,23H2,1-8H3,(H,42,47)/b19-14+,26-16+,27-15+/t28?,31-,33-,34?,36+,38?/m1/s1. The lowest BCUT2D eigenvalue weighted by molar-refractivity contribution is -0.159. The maximum atomic E-state index is 14.2. The fourth-order valence-corrected chi connectivity index (χ4v) is 6.10. The fraction of sp³-hybridized carbons (Fsp3) is 0.463. The third kappa shape index (κ3) is 11.1. The van der Waals surface area contributed by atoms with Gasteiger partial charge in [0.25, 0.3) is 0 Å². The Bertz CT molecular complexity index is 1630. The molecule has 3 rings (SSSR count). The third-order valence-corrected chi connectivity index (χ3v) is 9.42. The maximum Gasteiger partial charge on any atom is 0.329 e. The zero-order chi connectivity index (χ0) is 38.5. The number of ketones is 1. The molecule has 3 N–H and O–H groups in total. The highest BCUT2D eigenvalue weighted by Crippen LogP contribution is 2.28. The van der Waals surface area contributed by atoms with Crippen molar-refractivity contribution in [2.45, 2.75) is 90.7 Å². The number of methoxy groups -OCH3 is 2. The molecule has 2 amide bonds. The predicted octanol–water partition coefficient (Wildman–Crippen LogP) is 5.41. The van der Waals surface area contributed by atoms with Crippen LogP contribution in [0, 0.1) is 11.8 Å². The van der Waals surface area contributed by atoms with E-state index in [1.807, 2.05) is 25.1 Å². The van der Waals surface area contributed by atoms with Gasteiger partial charge in [-0.3, -0.25) is 14.4 Å². The lowest BCUT2D eigenvalue weighted by Crippen LogP contribution is -2.55. The number of Topliss-reactive ketones (excluding diaryl/α,β-unsaturated/α-hetero) is 1. The van der Waals surface area contributed by atoms with Gasteiger partial charge in [-0.2, -0.15) is 0 Å². The van der Waals surface area contributed by atoms with Gasteiger partial charge in [-0.15, -0.1) is 0 Å². The molecule has 282 valence electrons. The van der Waals surface area contributed by atoms with E-state index in [4.69, 9.17) is 14.2 Å². The maximum absolute atomic E-state index is 14.2. The molecule has 1 aliphatic rings. The van der Waals surface area contributed by atoms with E-state index in [9.17, 15) is 29.4 Å². The first kappa shape index (κ1) is 41.7. The van der Waals surface area contributed by atoms with E-state index in [1.165, 1.54) is 38.1 Å². The monoisotopic (exact) mass is 718 g/mol. The first-order chi connectivity index (χ1) is 24.7. The Labute approximate surface area is 307 Å². The van der Waals surface area contributed by atoms with Crippen molar-refractivity contribution in [2.24, 2.45) is 11.8 Å². The number of ether oxygens (including phenoxy) is 3. The van der Waals surface area contributed by atoms with Gasteiger partial charge in [-0.25, -0.2) is 4.79 Å². The van der Waals surface area contributed by atoms with Gasteiger partial charge < -0.3 is 34.6 Å². The summed E-state index contributed by atoms with van der Waals surface area (Å²) in [5.41, 5.74) is 2.48. The van der Waals surface area contributed by atoms with Crippen LogP contribution in [0.15, 0.2) is 84.0 Å². The highest BCUT2D eigenvalue weighted by Gasteiger charge is 2.37. The van der Waals surface area contributed by atoms with E-state index in [0.717, 1.165) is 5.57 Å². The first-order valence-corrected chi connectivity index (χ1v) is 17.6. The van der Waals surface area contributed by atoms with Gasteiger partial charge in [0.05, 0.1) is 19.1 Å². The molecule has 3 unspecified atom stereocenters. The van der Waals surface area contributed by atoms with Gasteiger partial charge in [0.1, 0.15) is 18.2 Å². The summed E-state index contributed by atoms with van der Waals surface area (Å²) < 4.78 is 16.9. The summed E-state index contributed by atoms with van der Waals surface area (Å²) in [4.78, 5) is 56.7. The Morgan fingerprint density at radius 2 is 1.73 bits per heavy atom. The molecule has 0 spiro atoms. The van der Waals surface area contributed by atoms with E-state index >= 15 is 0 Å². The van der Waals surface area contributed by atoms with E-state index in [1.54, 1.807) is 70.4 Å². The second-order valence-corrected chi connectivity index (χ2v) is 13.6. The highest BCUT2D eigenvalue weighted by atomic mass is 16.6. The second-order valence-electron chi connectivity index (χ2n) is 13.6. The molecule has 11 nitrogen and oxygen atoms in total. The van der Waals surface area contributed by atoms with Crippen LogP contribution in [0.1, 0.15) is 71.1 Å². The topological polar surface area (TPSA) is 152 Å². The van der Waals surface area contributed by atoms with Crippen LogP contribution in [-0.2, 0) is 35.1 Å². The lowest BCUT2D eigenvalue weighted by atomic mass is 9.95. The molecule has 52 heavy (non-hydrogen) atoms. The number of phenols is 1. The van der Waals surface area contributed by atoms with Gasteiger partial charge in [0.15, 0.2) is 23.4 Å². The van der Waals surface area contributed by atoms with Gasteiger partial charge in [0, 0.05) is 20.6 Å². The molecule has 0 saturated heterocycles. The molecule has 0 saturated carbocycles. The number of nitrogens with one attached hydrogen (secondary N) is 1. The number of aliphatic hydroxyl groups excluding tert-OH is 1. The number of benzene rings is 2. The van der Waals surface area contributed by atoms with Crippen molar-refractivity contribution in [2.75, 3.05) is 21.3 Å². The number of allylic oxidation sites excluding steroid dienone is 4. The average molecular weight is 719 g/mol. The molecule has 0 bridgehead atoms. The van der Waals surface area contributed by atoms with E-state index in [2.05, 4.69) is 5.32 Å². The largest absolute Gasteiger partial charge is 0.504 e. The molecule has 0 aromatic heterocycles. The van der Waals surface area contributed by atoms with Gasteiger partial charge >= 0.3 is 5.97 Å². The van der Waals surface area contributed by atoms with E-state index < -0.39 is 53.9 Å². The second kappa shape index (κ2) is 19.8. The molecule has 0 radical (unpaired) electrons. The summed E-state index contributed by atoms with van der Waals surface area (Å²) in [5, 5.41) is 24.3. The number of esters is 1. The summed E-state index contributed by atoms with van der Waals surface area (Å²) in [6, 6.07) is 11.1. The molecule has 1 aliphatic heterocycles. The molecule has 2 aromatic carbocycles. The summed E-state index contributed by atoms with van der Waals surface area (Å²) >= 11 is 0. The van der Waals surface area contributed by atoms with Crippen molar-refractivity contribution in [3.8, 4) is 11.5 Å². The fourth-order valence-electron chi connectivity index (χ4n) is 6.10. The number of carbonyl (C=O) groups excluding carboxylic acids is 4. The molecule has 1 heterocycles.